The number of aromatic nitrogens is 1. The SMILES string of the molecule is CCN(C(=O)c1cccn(C)c1=O)c1ccccc1. The van der Waals surface area contributed by atoms with E-state index in [0.717, 1.165) is 5.69 Å². The van der Waals surface area contributed by atoms with Gasteiger partial charge in [-0.3, -0.25) is 9.59 Å². The Bertz CT molecular complexity index is 632. The highest BCUT2D eigenvalue weighted by Gasteiger charge is 2.18. The van der Waals surface area contributed by atoms with Crippen LogP contribution in [-0.2, 0) is 7.05 Å². The summed E-state index contributed by atoms with van der Waals surface area (Å²) in [5, 5.41) is 0. The molecule has 0 saturated heterocycles. The third-order valence-corrected chi connectivity index (χ3v) is 2.98. The average molecular weight is 256 g/mol. The van der Waals surface area contributed by atoms with E-state index in [-0.39, 0.29) is 17.0 Å². The Kier molecular flexibility index (Phi) is 3.80. The van der Waals surface area contributed by atoms with Crippen LogP contribution in [0, 0.1) is 0 Å². The number of carbonyl (C=O) groups is 1. The van der Waals surface area contributed by atoms with Gasteiger partial charge in [-0.15, -0.1) is 0 Å². The molecule has 0 bridgehead atoms. The molecular weight excluding hydrogens is 240 g/mol. The largest absolute Gasteiger partial charge is 0.318 e. The van der Waals surface area contributed by atoms with E-state index in [1.807, 2.05) is 37.3 Å². The molecule has 2 aromatic rings. The quantitative estimate of drug-likeness (QED) is 0.843. The minimum absolute atomic E-state index is 0.190. The average Bonchev–Trinajstić information content (AvgIpc) is 2.44. The number of anilines is 1. The maximum Gasteiger partial charge on any atom is 0.263 e. The standard InChI is InChI=1S/C15H16N2O2/c1-3-17(12-8-5-4-6-9-12)15(19)13-10-7-11-16(2)14(13)18/h4-11H,3H2,1-2H3. The molecule has 1 amide bonds. The molecule has 0 saturated carbocycles. The molecule has 0 unspecified atom stereocenters. The van der Waals surface area contributed by atoms with E-state index in [9.17, 15) is 9.59 Å². The van der Waals surface area contributed by atoms with Gasteiger partial charge in [-0.05, 0) is 31.2 Å². The van der Waals surface area contributed by atoms with Crippen LogP contribution in [0.15, 0.2) is 53.5 Å². The van der Waals surface area contributed by atoms with Crippen LogP contribution in [0.5, 0.6) is 0 Å². The van der Waals surface area contributed by atoms with Crippen LogP contribution in [0.4, 0.5) is 5.69 Å². The number of hydrogen-bond donors (Lipinski definition) is 0. The zero-order valence-electron chi connectivity index (χ0n) is 11.0. The number of aryl methyl sites for hydroxylation is 1. The third kappa shape index (κ3) is 2.57. The van der Waals surface area contributed by atoms with Gasteiger partial charge in [0.25, 0.3) is 11.5 Å². The maximum absolute atomic E-state index is 12.5. The number of nitrogens with zero attached hydrogens (tertiary/aromatic N) is 2. The number of hydrogen-bond acceptors (Lipinski definition) is 2. The molecule has 0 atom stereocenters. The maximum atomic E-state index is 12.5. The second kappa shape index (κ2) is 5.52. The first-order valence-electron chi connectivity index (χ1n) is 6.17. The number of para-hydroxylation sites is 1. The minimum atomic E-state index is -0.276. The van der Waals surface area contributed by atoms with E-state index < -0.39 is 0 Å². The summed E-state index contributed by atoms with van der Waals surface area (Å²) in [4.78, 5) is 26.0. The summed E-state index contributed by atoms with van der Waals surface area (Å²) in [5.41, 5.74) is 0.707. The van der Waals surface area contributed by atoms with Crippen molar-refractivity contribution >= 4 is 11.6 Å². The van der Waals surface area contributed by atoms with E-state index in [1.165, 1.54) is 4.57 Å². The predicted molar refractivity (Wildman–Crippen MR) is 75.5 cm³/mol. The summed E-state index contributed by atoms with van der Waals surface area (Å²) in [5.74, 6) is -0.269. The van der Waals surface area contributed by atoms with Crippen molar-refractivity contribution in [1.29, 1.82) is 0 Å². The number of carbonyl (C=O) groups excluding carboxylic acids is 1. The van der Waals surface area contributed by atoms with E-state index in [0.29, 0.717) is 6.54 Å². The van der Waals surface area contributed by atoms with Gasteiger partial charge in [0.15, 0.2) is 0 Å². The highest BCUT2D eigenvalue weighted by atomic mass is 16.2. The van der Waals surface area contributed by atoms with Gasteiger partial charge in [-0.25, -0.2) is 0 Å². The van der Waals surface area contributed by atoms with Crippen molar-refractivity contribution in [3.63, 3.8) is 0 Å². The first kappa shape index (κ1) is 13.1. The molecule has 19 heavy (non-hydrogen) atoms. The molecule has 0 spiro atoms. The number of rotatable bonds is 3. The Balaban J connectivity index is 2.42. The van der Waals surface area contributed by atoms with Crippen LogP contribution < -0.4 is 10.5 Å². The number of amides is 1. The minimum Gasteiger partial charge on any atom is -0.318 e. The van der Waals surface area contributed by atoms with Gasteiger partial charge in [0.2, 0.25) is 0 Å². The summed E-state index contributed by atoms with van der Waals surface area (Å²) < 4.78 is 1.41. The van der Waals surface area contributed by atoms with Crippen molar-refractivity contribution < 1.29 is 4.79 Å². The van der Waals surface area contributed by atoms with Gasteiger partial charge in [0.05, 0.1) is 0 Å². The molecule has 1 aromatic carbocycles. The fourth-order valence-electron chi connectivity index (χ4n) is 1.96. The second-order valence-corrected chi connectivity index (χ2v) is 4.22. The fraction of sp³-hybridized carbons (Fsp3) is 0.200. The number of benzene rings is 1. The lowest BCUT2D eigenvalue weighted by molar-refractivity contribution is 0.0986. The molecule has 0 N–H and O–H groups in total. The van der Waals surface area contributed by atoms with Gasteiger partial charge in [-0.1, -0.05) is 18.2 Å². The summed E-state index contributed by atoms with van der Waals surface area (Å²) >= 11 is 0. The van der Waals surface area contributed by atoms with Crippen LogP contribution in [0.25, 0.3) is 0 Å². The molecule has 2 rings (SSSR count). The lowest BCUT2D eigenvalue weighted by Gasteiger charge is -2.20. The van der Waals surface area contributed by atoms with Crippen LogP contribution in [0.1, 0.15) is 17.3 Å². The monoisotopic (exact) mass is 256 g/mol. The van der Waals surface area contributed by atoms with Crippen molar-refractivity contribution in [2.75, 3.05) is 11.4 Å². The Morgan fingerprint density at radius 3 is 2.47 bits per heavy atom. The van der Waals surface area contributed by atoms with Gasteiger partial charge in [-0.2, -0.15) is 0 Å². The van der Waals surface area contributed by atoms with E-state index >= 15 is 0 Å². The summed E-state index contributed by atoms with van der Waals surface area (Å²) in [7, 11) is 1.64. The van der Waals surface area contributed by atoms with Gasteiger partial charge in [0, 0.05) is 25.5 Å². The topological polar surface area (TPSA) is 42.3 Å². The zero-order valence-corrected chi connectivity index (χ0v) is 11.0. The van der Waals surface area contributed by atoms with Crippen molar-refractivity contribution in [1.82, 2.24) is 4.57 Å². The molecule has 0 fully saturated rings. The van der Waals surface area contributed by atoms with Crippen molar-refractivity contribution in [2.45, 2.75) is 6.92 Å². The highest BCUT2D eigenvalue weighted by Crippen LogP contribution is 2.15. The molecule has 0 aliphatic heterocycles. The lowest BCUT2D eigenvalue weighted by Crippen LogP contribution is -2.36. The van der Waals surface area contributed by atoms with Crippen molar-refractivity contribution in [3.8, 4) is 0 Å². The van der Waals surface area contributed by atoms with E-state index in [4.69, 9.17) is 0 Å². The molecule has 1 heterocycles. The molecule has 4 heteroatoms. The molecule has 1 aromatic heterocycles. The summed E-state index contributed by atoms with van der Waals surface area (Å²) in [6.45, 7) is 2.40. The van der Waals surface area contributed by atoms with Crippen molar-refractivity contribution in [3.05, 3.63) is 64.6 Å². The van der Waals surface area contributed by atoms with Gasteiger partial charge in [0.1, 0.15) is 5.56 Å². The van der Waals surface area contributed by atoms with Gasteiger partial charge < -0.3 is 9.47 Å². The summed E-state index contributed by atoms with van der Waals surface area (Å²) in [6, 6.07) is 12.6. The lowest BCUT2D eigenvalue weighted by atomic mass is 10.2. The Morgan fingerprint density at radius 2 is 1.84 bits per heavy atom. The molecule has 0 radical (unpaired) electrons. The van der Waals surface area contributed by atoms with Crippen LogP contribution in [0.3, 0.4) is 0 Å². The normalized spacial score (nSPS) is 10.2. The Morgan fingerprint density at radius 1 is 1.16 bits per heavy atom. The third-order valence-electron chi connectivity index (χ3n) is 2.98. The molecule has 0 aliphatic rings. The predicted octanol–water partition coefficient (Wildman–Crippen LogP) is 2.05. The highest BCUT2D eigenvalue weighted by molar-refractivity contribution is 6.05. The molecule has 98 valence electrons. The van der Waals surface area contributed by atoms with E-state index in [2.05, 4.69) is 0 Å². The van der Waals surface area contributed by atoms with Gasteiger partial charge >= 0.3 is 0 Å². The first-order chi connectivity index (χ1) is 9.15. The van der Waals surface area contributed by atoms with E-state index in [1.54, 1.807) is 30.3 Å². The Labute approximate surface area is 111 Å². The molecular formula is C15H16N2O2. The Hall–Kier alpha value is -2.36. The van der Waals surface area contributed by atoms with Crippen LogP contribution >= 0.6 is 0 Å². The first-order valence-corrected chi connectivity index (χ1v) is 6.17. The van der Waals surface area contributed by atoms with Crippen LogP contribution in [0.2, 0.25) is 0 Å². The fourth-order valence-corrected chi connectivity index (χ4v) is 1.96. The van der Waals surface area contributed by atoms with Crippen molar-refractivity contribution in [2.24, 2.45) is 7.05 Å². The molecule has 0 aliphatic carbocycles. The number of pyridine rings is 1. The smallest absolute Gasteiger partial charge is 0.263 e. The molecule has 4 nitrogen and oxygen atoms in total. The zero-order chi connectivity index (χ0) is 13.8. The van der Waals surface area contributed by atoms with Crippen LogP contribution in [-0.4, -0.2) is 17.0 Å². The summed E-state index contributed by atoms with van der Waals surface area (Å²) in [6.07, 6.45) is 1.64. The second-order valence-electron chi connectivity index (χ2n) is 4.22.